The molecular formula is C21H29BN2O13P2. The van der Waals surface area contributed by atoms with E-state index in [4.69, 9.17) is 23.9 Å². The van der Waals surface area contributed by atoms with Crippen molar-refractivity contribution in [2.45, 2.75) is 51.2 Å². The van der Waals surface area contributed by atoms with Gasteiger partial charge in [0, 0.05) is 13.2 Å². The first-order chi connectivity index (χ1) is 18.0. The summed E-state index contributed by atoms with van der Waals surface area (Å²) in [7, 11) is -7.73. The molecule has 0 amide bonds. The summed E-state index contributed by atoms with van der Waals surface area (Å²) in [6.07, 6.45) is 0.182. The standard InChI is InChI=1S/C21H29BN2O13P2/c1-3-21(2,37-39(33,34)36-11-12(22)10-25)4-5-23-17(26)13-8-15-16(9-14(13)18(23)27)20(29)24(19(15)28)6-7-35-38(30,31)32/h8-9,12,25H,3-7,10-11,22H2,1-2H3,(H,33,34)(H2,30,31,32). The van der Waals surface area contributed by atoms with Crippen LogP contribution in [0, 0.1) is 0 Å². The van der Waals surface area contributed by atoms with E-state index in [0.29, 0.717) is 4.57 Å². The number of aliphatic hydroxyl groups is 1. The van der Waals surface area contributed by atoms with Crippen LogP contribution in [0.3, 0.4) is 0 Å². The van der Waals surface area contributed by atoms with Crippen LogP contribution in [0.1, 0.15) is 26.7 Å². The molecule has 2 heterocycles. The predicted molar refractivity (Wildman–Crippen MR) is 142 cm³/mol. The molecular weight excluding hydrogens is 561 g/mol. The normalized spacial score (nSPS) is 16.5. The molecule has 18 heteroatoms. The molecule has 15 nitrogen and oxygen atoms in total. The van der Waals surface area contributed by atoms with E-state index in [-0.39, 0.29) is 54.1 Å². The minimum absolute atomic E-state index is 0.0383. The number of hydrogen-bond acceptors (Lipinski definition) is 10. The maximum Gasteiger partial charge on any atom is 0.472 e. The number of aromatic nitrogens is 2. The Balaban J connectivity index is 1.89. The maximum atomic E-state index is 13.1. The summed E-state index contributed by atoms with van der Waals surface area (Å²) in [5, 5.41) is 8.56. The first kappa shape index (κ1) is 31.3. The van der Waals surface area contributed by atoms with Gasteiger partial charge in [-0.3, -0.25) is 41.9 Å². The molecule has 0 saturated carbocycles. The lowest BCUT2D eigenvalue weighted by molar-refractivity contribution is 0.0213. The van der Waals surface area contributed by atoms with E-state index in [2.05, 4.69) is 4.52 Å². The van der Waals surface area contributed by atoms with Crippen LogP contribution in [0.25, 0.3) is 21.5 Å². The van der Waals surface area contributed by atoms with Crippen molar-refractivity contribution in [2.75, 3.05) is 19.8 Å². The second-order valence-electron chi connectivity index (χ2n) is 9.49. The molecule has 0 bridgehead atoms. The van der Waals surface area contributed by atoms with Crippen molar-refractivity contribution in [1.82, 2.24) is 9.13 Å². The third-order valence-electron chi connectivity index (χ3n) is 6.42. The fraction of sp³-hybridized carbons (Fsp3) is 0.524. The van der Waals surface area contributed by atoms with Gasteiger partial charge in [-0.05, 0) is 37.7 Å². The van der Waals surface area contributed by atoms with E-state index in [9.17, 15) is 33.2 Å². The number of hydrogen-bond donors (Lipinski definition) is 4. The number of fused-ring (bicyclic) bond motifs is 2. The third kappa shape index (κ3) is 7.09. The topological polar surface area (TPSA) is 221 Å². The Bertz CT molecular complexity index is 1590. The number of phosphoric ester groups is 2. The summed E-state index contributed by atoms with van der Waals surface area (Å²) < 4.78 is 39.4. The van der Waals surface area contributed by atoms with Crippen LogP contribution in [0.2, 0.25) is 5.82 Å². The minimum atomic E-state index is -4.81. The zero-order valence-corrected chi connectivity index (χ0v) is 23.2. The summed E-state index contributed by atoms with van der Waals surface area (Å²) in [4.78, 5) is 79.2. The molecule has 2 aromatic heterocycles. The van der Waals surface area contributed by atoms with Crippen LogP contribution in [0.5, 0.6) is 0 Å². The smallest absolute Gasteiger partial charge is 0.397 e. The summed E-state index contributed by atoms with van der Waals surface area (Å²) >= 11 is 0. The number of aliphatic hydroxyl groups excluding tert-OH is 1. The van der Waals surface area contributed by atoms with Gasteiger partial charge < -0.3 is 19.8 Å². The predicted octanol–water partition coefficient (Wildman–Crippen LogP) is -0.872. The highest BCUT2D eigenvalue weighted by Gasteiger charge is 2.35. The van der Waals surface area contributed by atoms with Crippen molar-refractivity contribution >= 4 is 45.0 Å². The van der Waals surface area contributed by atoms with Gasteiger partial charge in [-0.2, -0.15) is 0 Å². The molecule has 0 spiro atoms. The molecule has 39 heavy (non-hydrogen) atoms. The van der Waals surface area contributed by atoms with Gasteiger partial charge in [-0.25, -0.2) is 9.13 Å². The van der Waals surface area contributed by atoms with E-state index in [0.717, 1.165) is 16.7 Å². The number of rotatable bonds is 14. The Labute approximate surface area is 221 Å². The quantitative estimate of drug-likeness (QED) is 0.133. The van der Waals surface area contributed by atoms with Gasteiger partial charge in [0.05, 0.1) is 46.9 Å². The largest absolute Gasteiger partial charge is 0.472 e. The van der Waals surface area contributed by atoms with E-state index < -0.39 is 62.5 Å². The summed E-state index contributed by atoms with van der Waals surface area (Å²) in [6, 6.07) is 2.26. The summed E-state index contributed by atoms with van der Waals surface area (Å²) in [5.41, 5.74) is -4.37. The van der Waals surface area contributed by atoms with Gasteiger partial charge >= 0.3 is 15.6 Å². The highest BCUT2D eigenvalue weighted by atomic mass is 31.2. The lowest BCUT2D eigenvalue weighted by Crippen LogP contribution is -2.33. The van der Waals surface area contributed by atoms with Gasteiger partial charge in [0.2, 0.25) is 0 Å². The Hall–Kier alpha value is -2.26. The number of phosphoric acid groups is 2. The van der Waals surface area contributed by atoms with Crippen LogP contribution in [-0.2, 0) is 35.8 Å². The summed E-state index contributed by atoms with van der Waals surface area (Å²) in [5.74, 6) is -0.402. The molecule has 214 valence electrons. The highest BCUT2D eigenvalue weighted by Crippen LogP contribution is 2.49. The van der Waals surface area contributed by atoms with Crippen molar-refractivity contribution in [3.63, 3.8) is 0 Å². The molecule has 0 aliphatic rings. The van der Waals surface area contributed by atoms with Gasteiger partial charge in [-0.15, -0.1) is 0 Å². The number of benzene rings is 1. The van der Waals surface area contributed by atoms with Crippen LogP contribution in [-0.4, -0.2) is 62.2 Å². The Kier molecular flexibility index (Phi) is 9.38. The fourth-order valence-electron chi connectivity index (χ4n) is 3.94. The highest BCUT2D eigenvalue weighted by molar-refractivity contribution is 7.47. The molecule has 0 aliphatic heterocycles. The van der Waals surface area contributed by atoms with Crippen molar-refractivity contribution in [1.29, 1.82) is 0 Å². The fourth-order valence-corrected chi connectivity index (χ4v) is 5.54. The van der Waals surface area contributed by atoms with Crippen molar-refractivity contribution < 1.29 is 42.5 Å². The van der Waals surface area contributed by atoms with Gasteiger partial charge in [0.25, 0.3) is 22.2 Å². The van der Waals surface area contributed by atoms with E-state index in [1.807, 2.05) is 0 Å². The monoisotopic (exact) mass is 590 g/mol. The maximum absolute atomic E-state index is 13.1. The second-order valence-corrected chi connectivity index (χ2v) is 12.1. The molecule has 3 aromatic rings. The molecule has 0 aliphatic carbocycles. The average Bonchev–Trinajstić information content (AvgIpc) is 3.23. The van der Waals surface area contributed by atoms with Gasteiger partial charge in [0.15, 0.2) is 0 Å². The average molecular weight is 590 g/mol. The van der Waals surface area contributed by atoms with Crippen molar-refractivity contribution in [3.8, 4) is 0 Å². The SMILES string of the molecule is BC(CO)COP(=O)(O)OC(C)(CC)CCn1c(=O)c2cc3c(=O)n(CCOP(=O)(O)O)c(=O)c3cc2c1=O. The molecule has 4 N–H and O–H groups in total. The van der Waals surface area contributed by atoms with Crippen molar-refractivity contribution in [3.05, 3.63) is 53.5 Å². The minimum Gasteiger partial charge on any atom is -0.397 e. The van der Waals surface area contributed by atoms with Gasteiger partial charge in [-0.1, -0.05) is 6.92 Å². The Morgan fingerprint density at radius 2 is 1.36 bits per heavy atom. The van der Waals surface area contributed by atoms with Crippen LogP contribution < -0.4 is 22.2 Å². The number of nitrogens with zero attached hydrogens (tertiary/aromatic N) is 2. The van der Waals surface area contributed by atoms with Gasteiger partial charge in [0.1, 0.15) is 7.85 Å². The molecule has 0 radical (unpaired) electrons. The van der Waals surface area contributed by atoms with E-state index in [1.165, 1.54) is 6.92 Å². The van der Waals surface area contributed by atoms with Crippen LogP contribution >= 0.6 is 15.6 Å². The molecule has 0 fully saturated rings. The Morgan fingerprint density at radius 1 is 0.897 bits per heavy atom. The summed E-state index contributed by atoms with van der Waals surface area (Å²) in [6.45, 7) is 1.44. The van der Waals surface area contributed by atoms with Crippen LogP contribution in [0.4, 0.5) is 0 Å². The first-order valence-electron chi connectivity index (χ1n) is 11.9. The zero-order valence-electron chi connectivity index (χ0n) is 21.4. The zero-order chi connectivity index (χ0) is 29.3. The van der Waals surface area contributed by atoms with E-state index in [1.54, 1.807) is 14.8 Å². The van der Waals surface area contributed by atoms with E-state index >= 15 is 0 Å². The molecule has 3 atom stereocenters. The lowest BCUT2D eigenvalue weighted by atomic mass is 9.90. The van der Waals surface area contributed by atoms with Crippen LogP contribution in [0.15, 0.2) is 31.3 Å². The Morgan fingerprint density at radius 3 is 1.77 bits per heavy atom. The second kappa shape index (κ2) is 11.7. The molecule has 1 aromatic carbocycles. The van der Waals surface area contributed by atoms with Crippen molar-refractivity contribution in [2.24, 2.45) is 0 Å². The molecule has 3 rings (SSSR count). The molecule has 0 saturated heterocycles. The molecule has 3 unspecified atom stereocenters. The first-order valence-corrected chi connectivity index (χ1v) is 14.9. The lowest BCUT2D eigenvalue weighted by Gasteiger charge is -2.30. The third-order valence-corrected chi connectivity index (χ3v) is 8.08.